The van der Waals surface area contributed by atoms with Gasteiger partial charge in [-0.25, -0.2) is 4.98 Å². The lowest BCUT2D eigenvalue weighted by atomic mass is 10.0. The van der Waals surface area contributed by atoms with Gasteiger partial charge in [0.15, 0.2) is 0 Å². The maximum atomic E-state index is 8.81. The van der Waals surface area contributed by atoms with Crippen LogP contribution in [0, 0.1) is 11.8 Å². The Balaban J connectivity index is 0.000000403. The molecule has 5 nitrogen and oxygen atoms in total. The standard InChI is InChI=1S/C19H18N3P.C10H19N.C2H4O.C2H6/c20-8-7-12-9-19(22-18-4-2-1-3-14(12)18)16-11-21-17-6-5-13(23)10-15(16)17;1-4-7-10-11(8-5-2)9-6-3;1-2-3;1-2/h1-6,9-11,21H,7-8,20,23H2;5-6,8-10H2,1-3H3;2H,1H3;1-2H3. The van der Waals surface area contributed by atoms with E-state index < -0.39 is 0 Å². The van der Waals surface area contributed by atoms with Crippen LogP contribution in [0.3, 0.4) is 0 Å². The van der Waals surface area contributed by atoms with Gasteiger partial charge in [-0.2, -0.15) is 0 Å². The molecule has 4 aromatic rings. The maximum absolute atomic E-state index is 8.81. The number of aromatic amines is 1. The van der Waals surface area contributed by atoms with Crippen molar-refractivity contribution in [2.75, 3.05) is 26.2 Å². The second-order valence-corrected chi connectivity index (χ2v) is 9.34. The third-order valence-electron chi connectivity index (χ3n) is 5.76. The highest BCUT2D eigenvalue weighted by Crippen LogP contribution is 2.30. The van der Waals surface area contributed by atoms with E-state index in [1.54, 1.807) is 0 Å². The summed E-state index contributed by atoms with van der Waals surface area (Å²) >= 11 is 0. The van der Waals surface area contributed by atoms with E-state index in [4.69, 9.17) is 15.5 Å². The van der Waals surface area contributed by atoms with E-state index in [1.165, 1.54) is 54.5 Å². The molecule has 1 atom stereocenters. The number of para-hydroxylation sites is 1. The van der Waals surface area contributed by atoms with Crippen LogP contribution < -0.4 is 11.0 Å². The number of carbonyl (C=O) groups excluding carboxylic acids is 1. The average Bonchev–Trinajstić information content (AvgIpc) is 3.37. The van der Waals surface area contributed by atoms with Crippen molar-refractivity contribution < 1.29 is 4.79 Å². The molecule has 0 aliphatic carbocycles. The highest BCUT2D eigenvalue weighted by atomic mass is 31.0. The van der Waals surface area contributed by atoms with Crippen LogP contribution in [0.5, 0.6) is 0 Å². The van der Waals surface area contributed by atoms with E-state index in [1.807, 2.05) is 33.0 Å². The van der Waals surface area contributed by atoms with Gasteiger partial charge in [0.1, 0.15) is 6.29 Å². The Bertz CT molecular complexity index is 1310. The highest BCUT2D eigenvalue weighted by Gasteiger charge is 2.11. The van der Waals surface area contributed by atoms with Crippen LogP contribution in [-0.2, 0) is 11.2 Å². The number of hydrogen-bond donors (Lipinski definition) is 2. The first-order chi connectivity index (χ1) is 19.0. The predicted octanol–water partition coefficient (Wildman–Crippen LogP) is 6.75. The summed E-state index contributed by atoms with van der Waals surface area (Å²) in [6, 6.07) is 16.8. The summed E-state index contributed by atoms with van der Waals surface area (Å²) < 4.78 is 0. The average molecular weight is 547 g/mol. The Labute approximate surface area is 238 Å². The Morgan fingerprint density at radius 2 is 1.72 bits per heavy atom. The van der Waals surface area contributed by atoms with Crippen LogP contribution in [-0.4, -0.2) is 47.3 Å². The normalized spacial score (nSPS) is 9.87. The van der Waals surface area contributed by atoms with Gasteiger partial charge >= 0.3 is 0 Å². The first-order valence-corrected chi connectivity index (χ1v) is 14.6. The number of aromatic nitrogens is 2. The maximum Gasteiger partial charge on any atom is 0.116 e. The summed E-state index contributed by atoms with van der Waals surface area (Å²) in [6.07, 6.45) is 6.10. The molecule has 0 saturated heterocycles. The van der Waals surface area contributed by atoms with Crippen LogP contribution in [0.15, 0.2) is 54.7 Å². The molecule has 1 unspecified atom stereocenters. The van der Waals surface area contributed by atoms with Crippen molar-refractivity contribution in [1.29, 1.82) is 0 Å². The minimum Gasteiger partial charge on any atom is -0.360 e. The predicted molar refractivity (Wildman–Crippen MR) is 175 cm³/mol. The number of nitrogens with one attached hydrogen (secondary N) is 1. The number of hydrogen-bond acceptors (Lipinski definition) is 4. The van der Waals surface area contributed by atoms with Gasteiger partial charge in [0.05, 0.1) is 17.8 Å². The highest BCUT2D eigenvalue weighted by molar-refractivity contribution is 7.27. The molecule has 0 fully saturated rings. The Kier molecular flexibility index (Phi) is 17.4. The molecule has 0 saturated carbocycles. The molecule has 0 bridgehead atoms. The van der Waals surface area contributed by atoms with Crippen molar-refractivity contribution in [2.45, 2.75) is 60.8 Å². The van der Waals surface area contributed by atoms with Crippen LogP contribution in [0.4, 0.5) is 0 Å². The quantitative estimate of drug-likeness (QED) is 0.146. The smallest absolute Gasteiger partial charge is 0.116 e. The number of carbonyl (C=O) groups is 1. The van der Waals surface area contributed by atoms with Crippen molar-refractivity contribution >= 4 is 42.6 Å². The fraction of sp³-hybridized carbons (Fsp3) is 0.394. The molecular formula is C33H47N4OP. The molecule has 4 rings (SSSR count). The lowest BCUT2D eigenvalue weighted by Gasteiger charge is -2.17. The van der Waals surface area contributed by atoms with E-state index in [2.05, 4.69) is 87.3 Å². The number of fused-ring (bicyclic) bond motifs is 2. The summed E-state index contributed by atoms with van der Waals surface area (Å²) in [5.41, 5.74) is 11.3. The summed E-state index contributed by atoms with van der Waals surface area (Å²) in [7, 11) is 2.75. The zero-order chi connectivity index (χ0) is 29.0. The molecule has 0 aliphatic rings. The van der Waals surface area contributed by atoms with Crippen LogP contribution in [0.1, 0.15) is 59.9 Å². The summed E-state index contributed by atoms with van der Waals surface area (Å²) in [5, 5.41) is 3.55. The molecule has 0 spiro atoms. The van der Waals surface area contributed by atoms with Gasteiger partial charge in [0.25, 0.3) is 0 Å². The SMILES string of the molecule is CC.CC#CCN(CCC)CCC.CC=O.NCCc1cc(-c2c[nH]c3ccc(P)cc23)nc2ccccc12. The van der Waals surface area contributed by atoms with E-state index in [-0.39, 0.29) is 0 Å². The van der Waals surface area contributed by atoms with Crippen LogP contribution >= 0.6 is 9.24 Å². The van der Waals surface area contributed by atoms with Gasteiger partial charge in [-0.3, -0.25) is 4.90 Å². The molecular weight excluding hydrogens is 499 g/mol. The fourth-order valence-electron chi connectivity index (χ4n) is 4.19. The molecule has 0 aliphatic heterocycles. The minimum absolute atomic E-state index is 0.636. The molecule has 0 amide bonds. The summed E-state index contributed by atoms with van der Waals surface area (Å²) in [6.45, 7) is 15.7. The van der Waals surface area contributed by atoms with Crippen LogP contribution in [0.2, 0.25) is 0 Å². The zero-order valence-corrected chi connectivity index (χ0v) is 25.8. The second-order valence-electron chi connectivity index (χ2n) is 8.67. The third-order valence-corrected chi connectivity index (χ3v) is 6.12. The summed E-state index contributed by atoms with van der Waals surface area (Å²) in [5.74, 6) is 6.02. The van der Waals surface area contributed by atoms with Crippen molar-refractivity contribution in [2.24, 2.45) is 5.73 Å². The molecule has 0 radical (unpaired) electrons. The van der Waals surface area contributed by atoms with E-state index in [0.717, 1.165) is 41.5 Å². The van der Waals surface area contributed by atoms with Crippen molar-refractivity contribution in [1.82, 2.24) is 14.9 Å². The monoisotopic (exact) mass is 546 g/mol. The minimum atomic E-state index is 0.636. The van der Waals surface area contributed by atoms with Crippen molar-refractivity contribution in [3.8, 4) is 23.1 Å². The Morgan fingerprint density at radius 3 is 2.33 bits per heavy atom. The number of benzene rings is 2. The van der Waals surface area contributed by atoms with E-state index >= 15 is 0 Å². The second kappa shape index (κ2) is 20.0. The zero-order valence-electron chi connectivity index (χ0n) is 24.7. The lowest BCUT2D eigenvalue weighted by Crippen LogP contribution is -2.25. The molecule has 210 valence electrons. The fourth-order valence-corrected chi connectivity index (χ4v) is 4.45. The molecule has 2 aromatic carbocycles. The number of nitrogens with zero attached hydrogens (tertiary/aromatic N) is 2. The number of pyridine rings is 1. The van der Waals surface area contributed by atoms with Crippen molar-refractivity contribution in [3.05, 3.63) is 60.3 Å². The molecule has 2 heterocycles. The topological polar surface area (TPSA) is 75.0 Å². The largest absolute Gasteiger partial charge is 0.360 e. The third kappa shape index (κ3) is 10.9. The molecule has 3 N–H and O–H groups in total. The first-order valence-electron chi connectivity index (χ1n) is 14.0. The van der Waals surface area contributed by atoms with Gasteiger partial charge in [-0.05, 0) is 87.9 Å². The molecule has 2 aromatic heterocycles. The molecule has 39 heavy (non-hydrogen) atoms. The Hall–Kier alpha value is -3.03. The number of rotatable bonds is 8. The first kappa shape index (κ1) is 34.0. The van der Waals surface area contributed by atoms with E-state index in [0.29, 0.717) is 6.54 Å². The van der Waals surface area contributed by atoms with Gasteiger partial charge in [0.2, 0.25) is 0 Å². The van der Waals surface area contributed by atoms with Crippen LogP contribution in [0.25, 0.3) is 33.1 Å². The van der Waals surface area contributed by atoms with Crippen molar-refractivity contribution in [3.63, 3.8) is 0 Å². The molecule has 6 heteroatoms. The number of H-pyrrole nitrogens is 1. The Morgan fingerprint density at radius 1 is 1.05 bits per heavy atom. The summed E-state index contributed by atoms with van der Waals surface area (Å²) in [4.78, 5) is 19.4. The lowest BCUT2D eigenvalue weighted by molar-refractivity contribution is -0.106. The van der Waals surface area contributed by atoms with Gasteiger partial charge in [-0.1, -0.05) is 57.9 Å². The van der Waals surface area contributed by atoms with Gasteiger partial charge in [-0.15, -0.1) is 15.2 Å². The van der Waals surface area contributed by atoms with E-state index in [9.17, 15) is 0 Å². The van der Waals surface area contributed by atoms with Gasteiger partial charge in [0, 0.05) is 28.0 Å². The number of nitrogens with two attached hydrogens (primary N) is 1. The van der Waals surface area contributed by atoms with Gasteiger partial charge < -0.3 is 15.5 Å². The number of aldehydes is 1.